The molecule has 0 amide bonds. The van der Waals surface area contributed by atoms with Gasteiger partial charge < -0.3 is 0 Å². The van der Waals surface area contributed by atoms with E-state index in [1.54, 1.807) is 0 Å². The van der Waals surface area contributed by atoms with Gasteiger partial charge in [0.05, 0.1) is 6.54 Å². The van der Waals surface area contributed by atoms with Crippen molar-refractivity contribution < 1.29 is 0 Å². The fourth-order valence-corrected chi connectivity index (χ4v) is 2.62. The van der Waals surface area contributed by atoms with Crippen LogP contribution in [0.2, 0.25) is 0 Å². The van der Waals surface area contributed by atoms with Gasteiger partial charge in [-0.05, 0) is 43.1 Å². The van der Waals surface area contributed by atoms with E-state index < -0.39 is 0 Å². The lowest BCUT2D eigenvalue weighted by Crippen LogP contribution is -2.24. The van der Waals surface area contributed by atoms with E-state index in [9.17, 15) is 0 Å². The van der Waals surface area contributed by atoms with Crippen LogP contribution in [0.15, 0.2) is 43.3 Å². The Labute approximate surface area is 104 Å². The van der Waals surface area contributed by atoms with Crippen molar-refractivity contribution in [3.63, 3.8) is 0 Å². The minimum Gasteiger partial charge on any atom is -0.269 e. The number of hydrogen-bond donors (Lipinski definition) is 0. The molecule has 0 saturated heterocycles. The molecular formula is C15H22N2. The van der Waals surface area contributed by atoms with Crippen molar-refractivity contribution in [3.8, 4) is 0 Å². The minimum atomic E-state index is 0.350. The van der Waals surface area contributed by atoms with Gasteiger partial charge in [0.25, 0.3) is 0 Å². The number of hydrogen-bond acceptors (Lipinski definition) is 1. The molecule has 92 valence electrons. The molecule has 17 heavy (non-hydrogen) atoms. The lowest BCUT2D eigenvalue weighted by Gasteiger charge is -2.35. The molecule has 2 nitrogen and oxygen atoms in total. The molecule has 2 heteroatoms. The van der Waals surface area contributed by atoms with Crippen LogP contribution in [-0.4, -0.2) is 9.78 Å². The molecule has 0 atom stereocenters. The van der Waals surface area contributed by atoms with Gasteiger partial charge in [0.15, 0.2) is 0 Å². The van der Waals surface area contributed by atoms with Gasteiger partial charge in [-0.1, -0.05) is 25.2 Å². The summed E-state index contributed by atoms with van der Waals surface area (Å²) in [6.07, 6.45) is 10.9. The molecule has 0 unspecified atom stereocenters. The smallest absolute Gasteiger partial charge is 0.0619 e. The van der Waals surface area contributed by atoms with Crippen LogP contribution in [0, 0.1) is 11.3 Å². The highest BCUT2D eigenvalue weighted by atomic mass is 15.3. The summed E-state index contributed by atoms with van der Waals surface area (Å²) in [4.78, 5) is 0. The topological polar surface area (TPSA) is 17.8 Å². The zero-order chi connectivity index (χ0) is 12.3. The third-order valence-corrected chi connectivity index (χ3v) is 4.12. The normalized spacial score (nSPS) is 28.9. The van der Waals surface area contributed by atoms with Crippen molar-refractivity contribution in [2.24, 2.45) is 11.3 Å². The van der Waals surface area contributed by atoms with E-state index in [-0.39, 0.29) is 0 Å². The van der Waals surface area contributed by atoms with Gasteiger partial charge in [0.2, 0.25) is 0 Å². The van der Waals surface area contributed by atoms with Crippen LogP contribution in [0.5, 0.6) is 0 Å². The standard InChI is InChI=1S/C15H22N2/c1-4-15(3)8-6-14(7-9-15)13(2)12-17-11-5-10-16-17/h4-5,10-11,14H,1-2,6-9,12H2,3H3/t14-,15-. The molecule has 1 heterocycles. The lowest BCUT2D eigenvalue weighted by molar-refractivity contribution is 0.239. The molecule has 0 spiro atoms. The Hall–Kier alpha value is -1.31. The molecule has 0 aliphatic heterocycles. The van der Waals surface area contributed by atoms with Crippen molar-refractivity contribution in [2.75, 3.05) is 0 Å². The first-order chi connectivity index (χ1) is 8.13. The Morgan fingerprint density at radius 2 is 2.24 bits per heavy atom. The minimum absolute atomic E-state index is 0.350. The van der Waals surface area contributed by atoms with E-state index in [2.05, 4.69) is 31.3 Å². The first-order valence-corrected chi connectivity index (χ1v) is 6.42. The Balaban J connectivity index is 1.88. The van der Waals surface area contributed by atoms with E-state index in [0.717, 1.165) is 6.54 Å². The molecule has 1 aromatic rings. The third-order valence-electron chi connectivity index (χ3n) is 4.12. The molecule has 1 saturated carbocycles. The monoisotopic (exact) mass is 230 g/mol. The highest BCUT2D eigenvalue weighted by Gasteiger charge is 2.29. The van der Waals surface area contributed by atoms with Crippen LogP contribution in [0.4, 0.5) is 0 Å². The summed E-state index contributed by atoms with van der Waals surface area (Å²) in [7, 11) is 0. The first-order valence-electron chi connectivity index (χ1n) is 6.42. The molecule has 0 aromatic carbocycles. The van der Waals surface area contributed by atoms with E-state index in [1.807, 2.05) is 23.1 Å². The summed E-state index contributed by atoms with van der Waals surface area (Å²) >= 11 is 0. The van der Waals surface area contributed by atoms with E-state index >= 15 is 0 Å². The van der Waals surface area contributed by atoms with Gasteiger partial charge in [-0.3, -0.25) is 4.68 Å². The second-order valence-corrected chi connectivity index (χ2v) is 5.49. The van der Waals surface area contributed by atoms with Crippen LogP contribution < -0.4 is 0 Å². The maximum absolute atomic E-state index is 4.24. The SMILES string of the molecule is C=C[C@]1(C)CC[C@@H](C(=C)Cn2cccn2)CC1. The van der Waals surface area contributed by atoms with Gasteiger partial charge in [0, 0.05) is 12.4 Å². The summed E-state index contributed by atoms with van der Waals surface area (Å²) in [5.74, 6) is 0.659. The lowest BCUT2D eigenvalue weighted by atomic mass is 9.70. The van der Waals surface area contributed by atoms with Gasteiger partial charge in [-0.25, -0.2) is 0 Å². The van der Waals surface area contributed by atoms with Crippen molar-refractivity contribution in [1.82, 2.24) is 9.78 Å². The Kier molecular flexibility index (Phi) is 3.51. The van der Waals surface area contributed by atoms with Gasteiger partial charge >= 0.3 is 0 Å². The Bertz CT molecular complexity index is 381. The van der Waals surface area contributed by atoms with Crippen molar-refractivity contribution >= 4 is 0 Å². The zero-order valence-corrected chi connectivity index (χ0v) is 10.7. The van der Waals surface area contributed by atoms with E-state index in [4.69, 9.17) is 0 Å². The molecule has 1 fully saturated rings. The third kappa shape index (κ3) is 2.87. The second kappa shape index (κ2) is 4.91. The quantitative estimate of drug-likeness (QED) is 0.719. The summed E-state index contributed by atoms with van der Waals surface area (Å²) < 4.78 is 1.96. The largest absolute Gasteiger partial charge is 0.269 e. The predicted octanol–water partition coefficient (Wildman–Crippen LogP) is 3.82. The molecule has 1 aliphatic rings. The van der Waals surface area contributed by atoms with E-state index in [1.165, 1.54) is 31.3 Å². The molecule has 0 bridgehead atoms. The molecule has 0 radical (unpaired) electrons. The van der Waals surface area contributed by atoms with Gasteiger partial charge in [-0.2, -0.15) is 5.10 Å². The average molecular weight is 230 g/mol. The maximum Gasteiger partial charge on any atom is 0.0619 e. The second-order valence-electron chi connectivity index (χ2n) is 5.49. The predicted molar refractivity (Wildman–Crippen MR) is 71.6 cm³/mol. The Morgan fingerprint density at radius 3 is 2.76 bits per heavy atom. The molecular weight excluding hydrogens is 208 g/mol. The number of rotatable bonds is 4. The van der Waals surface area contributed by atoms with Crippen LogP contribution in [0.1, 0.15) is 32.6 Å². The summed E-state index contributed by atoms with van der Waals surface area (Å²) in [6.45, 7) is 11.4. The zero-order valence-electron chi connectivity index (χ0n) is 10.7. The van der Waals surface area contributed by atoms with Crippen molar-refractivity contribution in [2.45, 2.75) is 39.2 Å². The number of nitrogens with zero attached hydrogens (tertiary/aromatic N) is 2. The Morgan fingerprint density at radius 1 is 1.53 bits per heavy atom. The molecule has 2 rings (SSSR count). The summed E-state index contributed by atoms with van der Waals surface area (Å²) in [5, 5.41) is 4.24. The molecule has 1 aliphatic carbocycles. The fourth-order valence-electron chi connectivity index (χ4n) is 2.62. The van der Waals surface area contributed by atoms with E-state index in [0.29, 0.717) is 11.3 Å². The molecule has 0 N–H and O–H groups in total. The number of aromatic nitrogens is 2. The summed E-state index contributed by atoms with van der Waals surface area (Å²) in [6, 6.07) is 1.96. The van der Waals surface area contributed by atoms with Crippen molar-refractivity contribution in [3.05, 3.63) is 43.3 Å². The van der Waals surface area contributed by atoms with Gasteiger partial charge in [0.1, 0.15) is 0 Å². The van der Waals surface area contributed by atoms with Crippen LogP contribution in [-0.2, 0) is 6.54 Å². The highest BCUT2D eigenvalue weighted by molar-refractivity contribution is 5.06. The van der Waals surface area contributed by atoms with Crippen LogP contribution in [0.25, 0.3) is 0 Å². The molecule has 1 aromatic heterocycles. The number of allylic oxidation sites excluding steroid dienone is 2. The average Bonchev–Trinajstić information content (AvgIpc) is 2.83. The van der Waals surface area contributed by atoms with Crippen molar-refractivity contribution in [1.29, 1.82) is 0 Å². The van der Waals surface area contributed by atoms with Crippen LogP contribution >= 0.6 is 0 Å². The maximum atomic E-state index is 4.24. The fraction of sp³-hybridized carbons (Fsp3) is 0.533. The highest BCUT2D eigenvalue weighted by Crippen LogP contribution is 2.41. The first kappa shape index (κ1) is 12.2. The summed E-state index contributed by atoms with van der Waals surface area (Å²) in [5.41, 5.74) is 1.67. The van der Waals surface area contributed by atoms with Crippen LogP contribution in [0.3, 0.4) is 0 Å². The van der Waals surface area contributed by atoms with Gasteiger partial charge in [-0.15, -0.1) is 6.58 Å².